The number of carbonyl (C=O) groups excluding carboxylic acids is 2. The number of hydrogen-bond donors (Lipinski definition) is 13. The third kappa shape index (κ3) is 12.0. The SMILES string of the molecule is CC(=O)N[C@H]1[C@H](OCc2ccccc2)O[C@H](CO)[C@@H](O[C@@H]2O[C@H](CO)[C@H](O)[C@H](O[C@@H]3O[C@H](CO)[C@@H](O[C@@H]4O[C@H](CO)[C@H](O)[C@H](OS(=O)(=O)O)[C@H]4O)[C@H](O)[C@H]3NC(C)=O)[C@H]2O)[C@@H]1O. The minimum absolute atomic E-state index is 0.0317. The summed E-state index contributed by atoms with van der Waals surface area (Å²) in [6.07, 6.45) is -33.2. The molecule has 62 heavy (non-hydrogen) atoms. The van der Waals surface area contributed by atoms with Crippen LogP contribution in [0.4, 0.5) is 0 Å². The van der Waals surface area contributed by atoms with Crippen molar-refractivity contribution in [3.63, 3.8) is 0 Å². The van der Waals surface area contributed by atoms with E-state index in [2.05, 4.69) is 14.8 Å². The molecule has 0 unspecified atom stereocenters. The lowest BCUT2D eigenvalue weighted by Crippen LogP contribution is -2.70. The van der Waals surface area contributed by atoms with Crippen LogP contribution in [0.15, 0.2) is 30.3 Å². The van der Waals surface area contributed by atoms with Gasteiger partial charge in [0.1, 0.15) is 97.5 Å². The van der Waals surface area contributed by atoms with E-state index in [1.54, 1.807) is 30.3 Å². The van der Waals surface area contributed by atoms with Crippen molar-refractivity contribution in [3.8, 4) is 0 Å². The number of ether oxygens (including phenoxy) is 8. The molecule has 20 atom stereocenters. The zero-order chi connectivity index (χ0) is 45.6. The number of rotatable bonds is 17. The van der Waals surface area contributed by atoms with E-state index in [1.165, 1.54) is 0 Å². The average Bonchev–Trinajstić information content (AvgIpc) is 3.22. The molecular formula is C35H54N2O24S. The number of amides is 2. The van der Waals surface area contributed by atoms with Gasteiger partial charge in [0.2, 0.25) is 11.8 Å². The molecule has 2 amide bonds. The van der Waals surface area contributed by atoms with E-state index in [0.29, 0.717) is 5.56 Å². The van der Waals surface area contributed by atoms with Gasteiger partial charge in [-0.25, -0.2) is 4.18 Å². The molecule has 1 aromatic rings. The summed E-state index contributed by atoms with van der Waals surface area (Å²) in [7, 11) is -5.32. The van der Waals surface area contributed by atoms with Crippen molar-refractivity contribution >= 4 is 22.2 Å². The Balaban J connectivity index is 1.36. The number of benzene rings is 1. The molecule has 4 heterocycles. The summed E-state index contributed by atoms with van der Waals surface area (Å²) in [4.78, 5) is 24.6. The standard InChI is InChI=1S/C35H54N2O24S/c1-13(42)36-20-24(46)28(18(10-40)56-32(20)53-12-15-6-4-3-5-7-15)58-34-26(48)30(22(44)16(8-38)54-34)60-33-21(37-14(2)43)25(47)29(19(11-41)57-33)59-35-27(49)31(61-62(50,51)52)23(45)17(9-39)55-35/h3-7,16-35,38-41,44-49H,8-12H2,1-2H3,(H,36,42)(H,37,43)(H,50,51,52)/t16-,17-,18-,19-,20-,21-,22+,23+,24-,25-,26-,27-,28-,29-,30+,31+,32-,33+,34+,35+/m1/s1. The lowest BCUT2D eigenvalue weighted by molar-refractivity contribution is -0.377. The highest BCUT2D eigenvalue weighted by molar-refractivity contribution is 7.80. The molecule has 0 aliphatic carbocycles. The van der Waals surface area contributed by atoms with Crippen LogP contribution < -0.4 is 10.6 Å². The van der Waals surface area contributed by atoms with Gasteiger partial charge in [0.05, 0.1) is 33.0 Å². The zero-order valence-corrected chi connectivity index (χ0v) is 33.9. The van der Waals surface area contributed by atoms with E-state index >= 15 is 0 Å². The molecule has 0 spiro atoms. The molecule has 0 radical (unpaired) electrons. The van der Waals surface area contributed by atoms with Crippen molar-refractivity contribution in [2.75, 3.05) is 26.4 Å². The van der Waals surface area contributed by atoms with Crippen molar-refractivity contribution < 1.29 is 116 Å². The maximum atomic E-state index is 12.4. The Morgan fingerprint density at radius 1 is 0.565 bits per heavy atom. The first-order valence-corrected chi connectivity index (χ1v) is 20.6. The van der Waals surface area contributed by atoms with E-state index in [4.69, 9.17) is 37.9 Å². The lowest BCUT2D eigenvalue weighted by atomic mass is 9.94. The Bertz CT molecular complexity index is 1700. The zero-order valence-electron chi connectivity index (χ0n) is 33.1. The second-order valence-corrected chi connectivity index (χ2v) is 15.9. The molecule has 5 rings (SSSR count). The fourth-order valence-electron chi connectivity index (χ4n) is 7.47. The minimum Gasteiger partial charge on any atom is -0.394 e. The molecule has 27 heteroatoms. The smallest absolute Gasteiger partial charge is 0.394 e. The quantitative estimate of drug-likeness (QED) is 0.0646. The van der Waals surface area contributed by atoms with Crippen LogP contribution in [0.1, 0.15) is 19.4 Å². The van der Waals surface area contributed by atoms with E-state index in [9.17, 15) is 73.6 Å². The highest BCUT2D eigenvalue weighted by Crippen LogP contribution is 2.35. The molecule has 4 aliphatic rings. The van der Waals surface area contributed by atoms with Crippen molar-refractivity contribution in [1.29, 1.82) is 0 Å². The van der Waals surface area contributed by atoms with Crippen molar-refractivity contribution in [3.05, 3.63) is 35.9 Å². The third-order valence-corrected chi connectivity index (χ3v) is 10.9. The Morgan fingerprint density at radius 3 is 1.42 bits per heavy atom. The van der Waals surface area contributed by atoms with Crippen LogP contribution in [-0.4, -0.2) is 225 Å². The van der Waals surface area contributed by atoms with E-state index < -0.39 is 171 Å². The van der Waals surface area contributed by atoms with Crippen molar-refractivity contribution in [1.82, 2.24) is 10.6 Å². The predicted octanol–water partition coefficient (Wildman–Crippen LogP) is -7.41. The van der Waals surface area contributed by atoms with Gasteiger partial charge in [0.15, 0.2) is 25.2 Å². The van der Waals surface area contributed by atoms with Crippen LogP contribution in [-0.2, 0) is 68.7 Å². The fraction of sp³-hybridized carbons (Fsp3) is 0.771. The van der Waals surface area contributed by atoms with Gasteiger partial charge >= 0.3 is 10.4 Å². The highest BCUT2D eigenvalue weighted by Gasteiger charge is 2.56. The van der Waals surface area contributed by atoms with E-state index in [1.807, 2.05) is 0 Å². The topological polar surface area (TPSA) is 398 Å². The Kier molecular flexibility index (Phi) is 17.8. The molecule has 354 valence electrons. The molecule has 0 bridgehead atoms. The predicted molar refractivity (Wildman–Crippen MR) is 197 cm³/mol. The maximum Gasteiger partial charge on any atom is 0.397 e. The normalized spacial score (nSPS) is 41.6. The van der Waals surface area contributed by atoms with E-state index in [0.717, 1.165) is 13.8 Å². The summed E-state index contributed by atoms with van der Waals surface area (Å²) in [6.45, 7) is -1.61. The first kappa shape index (κ1) is 50.3. The summed E-state index contributed by atoms with van der Waals surface area (Å²) >= 11 is 0. The minimum atomic E-state index is -5.32. The van der Waals surface area contributed by atoms with Crippen molar-refractivity contribution in [2.45, 2.75) is 143 Å². The largest absolute Gasteiger partial charge is 0.397 e. The van der Waals surface area contributed by atoms with Crippen LogP contribution in [0.5, 0.6) is 0 Å². The molecule has 13 N–H and O–H groups in total. The van der Waals surface area contributed by atoms with Gasteiger partial charge in [-0.1, -0.05) is 30.3 Å². The van der Waals surface area contributed by atoms with Crippen molar-refractivity contribution in [2.24, 2.45) is 0 Å². The van der Waals surface area contributed by atoms with E-state index in [-0.39, 0.29) is 6.61 Å². The Morgan fingerprint density at radius 2 is 0.968 bits per heavy atom. The second kappa shape index (κ2) is 22.0. The first-order valence-electron chi connectivity index (χ1n) is 19.3. The first-order chi connectivity index (χ1) is 29.3. The average molecular weight is 919 g/mol. The highest BCUT2D eigenvalue weighted by atomic mass is 32.3. The monoisotopic (exact) mass is 918 g/mol. The van der Waals surface area contributed by atoms with Crippen LogP contribution in [0, 0.1) is 0 Å². The number of hydrogen-bond acceptors (Lipinski definition) is 23. The van der Waals surface area contributed by atoms with Gasteiger partial charge in [-0.05, 0) is 5.56 Å². The van der Waals surface area contributed by atoms with Gasteiger partial charge < -0.3 is 99.6 Å². The van der Waals surface area contributed by atoms with Gasteiger partial charge in [-0.3, -0.25) is 14.1 Å². The summed E-state index contributed by atoms with van der Waals surface area (Å²) in [5.74, 6) is -1.43. The molecule has 0 saturated carbocycles. The van der Waals surface area contributed by atoms with Gasteiger partial charge in [-0.2, -0.15) is 8.42 Å². The molecular weight excluding hydrogens is 864 g/mol. The van der Waals surface area contributed by atoms with Crippen LogP contribution in [0.3, 0.4) is 0 Å². The second-order valence-electron chi connectivity index (χ2n) is 14.9. The summed E-state index contributed by atoms with van der Waals surface area (Å²) in [5.41, 5.74) is 0.712. The van der Waals surface area contributed by atoms with Gasteiger partial charge in [-0.15, -0.1) is 0 Å². The molecule has 4 fully saturated rings. The number of aliphatic hydroxyl groups is 10. The molecule has 1 aromatic carbocycles. The van der Waals surface area contributed by atoms with Gasteiger partial charge in [0, 0.05) is 13.8 Å². The number of carbonyl (C=O) groups is 2. The lowest BCUT2D eigenvalue weighted by Gasteiger charge is -2.50. The molecule has 0 aromatic heterocycles. The summed E-state index contributed by atoms with van der Waals surface area (Å²) < 4.78 is 82.6. The Hall–Kier alpha value is -2.69. The molecule has 26 nitrogen and oxygen atoms in total. The van der Waals surface area contributed by atoms with Gasteiger partial charge in [0.25, 0.3) is 0 Å². The number of nitrogens with one attached hydrogen (secondary N) is 2. The van der Waals surface area contributed by atoms with Crippen LogP contribution in [0.2, 0.25) is 0 Å². The number of aliphatic hydroxyl groups excluding tert-OH is 10. The maximum absolute atomic E-state index is 12.4. The van der Waals surface area contributed by atoms with Crippen LogP contribution >= 0.6 is 0 Å². The third-order valence-electron chi connectivity index (χ3n) is 10.5. The Labute approximate surface area is 353 Å². The fourth-order valence-corrected chi connectivity index (χ4v) is 7.98. The summed E-state index contributed by atoms with van der Waals surface area (Å²) in [6, 6.07) is 5.75. The summed E-state index contributed by atoms with van der Waals surface area (Å²) in [5, 5.41) is 113. The molecule has 4 saturated heterocycles. The van der Waals surface area contributed by atoms with Crippen LogP contribution in [0.25, 0.3) is 0 Å². The molecule has 4 aliphatic heterocycles.